The van der Waals surface area contributed by atoms with Gasteiger partial charge in [-0.15, -0.1) is 0 Å². The van der Waals surface area contributed by atoms with Crippen LogP contribution in [0, 0.1) is 23.3 Å². The van der Waals surface area contributed by atoms with Gasteiger partial charge < -0.3 is 4.74 Å². The van der Waals surface area contributed by atoms with Gasteiger partial charge in [-0.05, 0) is 59.7 Å². The molecule has 0 radical (unpaired) electrons. The van der Waals surface area contributed by atoms with Crippen LogP contribution in [0.2, 0.25) is 0 Å². The van der Waals surface area contributed by atoms with Gasteiger partial charge in [-0.25, -0.2) is 17.6 Å². The number of hydrogen-bond acceptors (Lipinski definition) is 1. The molecule has 1 aliphatic carbocycles. The van der Waals surface area contributed by atoms with Crippen LogP contribution in [0.1, 0.15) is 36.0 Å². The van der Waals surface area contributed by atoms with E-state index in [1.807, 2.05) is 0 Å². The summed E-state index contributed by atoms with van der Waals surface area (Å²) in [6, 6.07) is 8.47. The Morgan fingerprint density at radius 3 is 1.85 bits per heavy atom. The third-order valence-corrected chi connectivity index (χ3v) is 7.14. The Bertz CT molecular complexity index is 1380. The molecular weight excluding hydrogens is 650 g/mol. The predicted molar refractivity (Wildman–Crippen MR) is 137 cm³/mol. The van der Waals surface area contributed by atoms with Crippen molar-refractivity contribution in [1.82, 2.24) is 0 Å². The standard InChI is InChI=1S/C28H18F9IO/c29-22-13-20(14-23(30)21(22)9-10-27(33,34)35)39-28(36,37)26-24(31)11-18(12-25(26)32)17-3-1-15(2-4-17)16-5-7-19(38)8-6-16/h1-5,9-14,19H,6-8H2/b10-9+. The van der Waals surface area contributed by atoms with E-state index in [1.54, 1.807) is 24.3 Å². The van der Waals surface area contributed by atoms with E-state index in [4.69, 9.17) is 0 Å². The molecule has 0 fully saturated rings. The molecule has 1 unspecified atom stereocenters. The van der Waals surface area contributed by atoms with Gasteiger partial charge in [0, 0.05) is 27.7 Å². The van der Waals surface area contributed by atoms with Crippen molar-refractivity contribution in [2.45, 2.75) is 35.5 Å². The van der Waals surface area contributed by atoms with E-state index in [2.05, 4.69) is 33.4 Å². The molecule has 0 heterocycles. The molecule has 206 valence electrons. The largest absolute Gasteiger partial charge is 0.432 e. The number of alkyl halides is 6. The minimum atomic E-state index is -4.88. The predicted octanol–water partition coefficient (Wildman–Crippen LogP) is 9.98. The quantitative estimate of drug-likeness (QED) is 0.144. The van der Waals surface area contributed by atoms with Crippen LogP contribution in [0.5, 0.6) is 5.75 Å². The van der Waals surface area contributed by atoms with Crippen molar-refractivity contribution in [2.75, 3.05) is 0 Å². The molecule has 0 saturated carbocycles. The Labute approximate surface area is 231 Å². The fraction of sp³-hybridized carbons (Fsp3) is 0.214. The normalized spacial score (nSPS) is 16.5. The molecule has 3 aromatic carbocycles. The Hall–Kier alpha value is -2.96. The first-order chi connectivity index (χ1) is 18.2. The number of halogens is 10. The summed E-state index contributed by atoms with van der Waals surface area (Å²) in [5.74, 6) is -7.84. The second kappa shape index (κ2) is 11.3. The highest BCUT2D eigenvalue weighted by Gasteiger charge is 2.41. The number of ether oxygens (including phenoxy) is 1. The van der Waals surface area contributed by atoms with E-state index >= 15 is 0 Å². The van der Waals surface area contributed by atoms with Gasteiger partial charge in [-0.2, -0.15) is 22.0 Å². The third kappa shape index (κ3) is 6.98. The maximum atomic E-state index is 14.8. The highest BCUT2D eigenvalue weighted by atomic mass is 127. The van der Waals surface area contributed by atoms with E-state index in [0.29, 0.717) is 21.6 Å². The summed E-state index contributed by atoms with van der Waals surface area (Å²) in [4.78, 5) is 0. The molecule has 3 aromatic rings. The molecule has 0 spiro atoms. The van der Waals surface area contributed by atoms with Gasteiger partial charge in [0.25, 0.3) is 0 Å². The van der Waals surface area contributed by atoms with Crippen LogP contribution in [0.3, 0.4) is 0 Å². The van der Waals surface area contributed by atoms with Crippen LogP contribution < -0.4 is 4.74 Å². The van der Waals surface area contributed by atoms with Gasteiger partial charge in [-0.1, -0.05) is 52.9 Å². The second-order valence-corrected chi connectivity index (χ2v) is 10.5. The third-order valence-electron chi connectivity index (χ3n) is 6.01. The minimum absolute atomic E-state index is 0.0288. The van der Waals surface area contributed by atoms with Crippen molar-refractivity contribution in [3.05, 3.63) is 101 Å². The average Bonchev–Trinajstić information content (AvgIpc) is 2.82. The van der Waals surface area contributed by atoms with Gasteiger partial charge in [0.15, 0.2) is 0 Å². The average molecular weight is 668 g/mol. The van der Waals surface area contributed by atoms with Gasteiger partial charge >= 0.3 is 12.3 Å². The molecule has 0 N–H and O–H groups in total. The monoisotopic (exact) mass is 668 g/mol. The zero-order valence-electron chi connectivity index (χ0n) is 19.7. The Morgan fingerprint density at radius 1 is 0.769 bits per heavy atom. The first-order valence-corrected chi connectivity index (χ1v) is 12.7. The van der Waals surface area contributed by atoms with Crippen LogP contribution in [-0.4, -0.2) is 10.1 Å². The molecule has 39 heavy (non-hydrogen) atoms. The molecule has 1 atom stereocenters. The lowest BCUT2D eigenvalue weighted by Gasteiger charge is -2.20. The number of benzene rings is 3. The zero-order valence-corrected chi connectivity index (χ0v) is 21.9. The lowest BCUT2D eigenvalue weighted by atomic mass is 9.92. The topological polar surface area (TPSA) is 9.23 Å². The van der Waals surface area contributed by atoms with Crippen molar-refractivity contribution in [2.24, 2.45) is 0 Å². The van der Waals surface area contributed by atoms with E-state index in [-0.39, 0.29) is 23.8 Å². The lowest BCUT2D eigenvalue weighted by Crippen LogP contribution is -2.25. The minimum Gasteiger partial charge on any atom is -0.429 e. The molecule has 1 aliphatic rings. The number of hydrogen-bond donors (Lipinski definition) is 0. The summed E-state index contributed by atoms with van der Waals surface area (Å²) in [6.07, 6.45) is -4.98. The summed E-state index contributed by atoms with van der Waals surface area (Å²) in [5.41, 5.74) is -0.536. The molecule has 11 heteroatoms. The summed E-state index contributed by atoms with van der Waals surface area (Å²) < 4.78 is 129. The van der Waals surface area contributed by atoms with E-state index in [9.17, 15) is 39.5 Å². The van der Waals surface area contributed by atoms with Gasteiger partial charge in [0.2, 0.25) is 0 Å². The van der Waals surface area contributed by atoms with Crippen LogP contribution >= 0.6 is 22.6 Å². The Morgan fingerprint density at radius 2 is 1.33 bits per heavy atom. The molecule has 0 aromatic heterocycles. The zero-order chi connectivity index (χ0) is 28.5. The van der Waals surface area contributed by atoms with Crippen LogP contribution in [0.4, 0.5) is 39.5 Å². The van der Waals surface area contributed by atoms with Crippen molar-refractivity contribution in [3.63, 3.8) is 0 Å². The summed E-state index contributed by atoms with van der Waals surface area (Å²) >= 11 is 2.38. The van der Waals surface area contributed by atoms with E-state index in [0.717, 1.165) is 30.4 Å². The second-order valence-electron chi connectivity index (χ2n) is 8.79. The van der Waals surface area contributed by atoms with Crippen molar-refractivity contribution in [3.8, 4) is 16.9 Å². The Kier molecular flexibility index (Phi) is 8.38. The molecule has 0 aliphatic heterocycles. The fourth-order valence-corrected chi connectivity index (χ4v) is 4.68. The SMILES string of the molecule is Fc1cc(OC(F)(F)c2c(F)cc(-c3ccc(C4=CCC(I)CC4)cc3)cc2F)cc(F)c1/C=C/C(F)(F)F. The van der Waals surface area contributed by atoms with Gasteiger partial charge in [-0.3, -0.25) is 0 Å². The summed E-state index contributed by atoms with van der Waals surface area (Å²) in [7, 11) is 0. The van der Waals surface area contributed by atoms with E-state index < -0.39 is 58.5 Å². The van der Waals surface area contributed by atoms with E-state index in [1.165, 1.54) is 0 Å². The summed E-state index contributed by atoms with van der Waals surface area (Å²) in [5, 5.41) is 0. The van der Waals surface area contributed by atoms with Crippen molar-refractivity contribution < 1.29 is 44.3 Å². The molecule has 0 amide bonds. The van der Waals surface area contributed by atoms with Gasteiger partial charge in [0.1, 0.15) is 34.6 Å². The number of allylic oxidation sites excluding steroid dienone is 3. The summed E-state index contributed by atoms with van der Waals surface area (Å²) in [6.45, 7) is 0. The van der Waals surface area contributed by atoms with Crippen molar-refractivity contribution >= 4 is 34.2 Å². The first kappa shape index (κ1) is 29.0. The molecular formula is C28H18F9IO. The van der Waals surface area contributed by atoms with Crippen LogP contribution in [0.25, 0.3) is 22.8 Å². The molecule has 4 rings (SSSR count). The molecule has 0 bridgehead atoms. The van der Waals surface area contributed by atoms with Crippen molar-refractivity contribution in [1.29, 1.82) is 0 Å². The molecule has 1 nitrogen and oxygen atoms in total. The maximum Gasteiger partial charge on any atom is 0.432 e. The highest BCUT2D eigenvalue weighted by Crippen LogP contribution is 2.38. The van der Waals surface area contributed by atoms with Crippen LogP contribution in [-0.2, 0) is 6.11 Å². The first-order valence-electron chi connectivity index (χ1n) is 11.5. The Balaban J connectivity index is 1.57. The van der Waals surface area contributed by atoms with Crippen LogP contribution in [0.15, 0.2) is 60.7 Å². The lowest BCUT2D eigenvalue weighted by molar-refractivity contribution is -0.189. The molecule has 0 saturated heterocycles. The highest BCUT2D eigenvalue weighted by molar-refractivity contribution is 14.1. The number of rotatable bonds is 6. The fourth-order valence-electron chi connectivity index (χ4n) is 4.12. The smallest absolute Gasteiger partial charge is 0.429 e. The van der Waals surface area contributed by atoms with Gasteiger partial charge in [0.05, 0.1) is 0 Å². The maximum absolute atomic E-state index is 14.8.